The summed E-state index contributed by atoms with van der Waals surface area (Å²) in [5.41, 5.74) is 1.12. The zero-order chi connectivity index (χ0) is 16.8. The van der Waals surface area contributed by atoms with Crippen molar-refractivity contribution in [2.24, 2.45) is 0 Å². The van der Waals surface area contributed by atoms with E-state index in [4.69, 9.17) is 0 Å². The van der Waals surface area contributed by atoms with Gasteiger partial charge in [-0.2, -0.15) is 18.0 Å². The molecule has 0 spiro atoms. The highest BCUT2D eigenvalue weighted by Crippen LogP contribution is 2.25. The van der Waals surface area contributed by atoms with Crippen molar-refractivity contribution in [2.75, 3.05) is 4.72 Å². The Morgan fingerprint density at radius 3 is 2.74 bits per heavy atom. The lowest BCUT2D eigenvalue weighted by atomic mass is 10.2. The molecule has 0 saturated heterocycles. The van der Waals surface area contributed by atoms with Gasteiger partial charge in [-0.3, -0.25) is 4.72 Å². The third-order valence-corrected chi connectivity index (χ3v) is 5.58. The molecule has 1 N–H and O–H groups in total. The van der Waals surface area contributed by atoms with E-state index in [0.29, 0.717) is 28.3 Å². The minimum Gasteiger partial charge on any atom is -0.278 e. The highest BCUT2D eigenvalue weighted by atomic mass is 32.2. The first-order valence-electron chi connectivity index (χ1n) is 6.96. The van der Waals surface area contributed by atoms with Crippen LogP contribution in [0.1, 0.15) is 23.2 Å². The van der Waals surface area contributed by atoms with Crippen LogP contribution in [-0.4, -0.2) is 23.0 Å². The van der Waals surface area contributed by atoms with Crippen molar-refractivity contribution in [3.63, 3.8) is 0 Å². The molecule has 0 aliphatic carbocycles. The lowest BCUT2D eigenvalue weighted by Gasteiger charge is -2.09. The van der Waals surface area contributed by atoms with Crippen LogP contribution in [0.5, 0.6) is 0 Å². The van der Waals surface area contributed by atoms with Gasteiger partial charge in [0.1, 0.15) is 10.8 Å². The second-order valence-corrected chi connectivity index (χ2v) is 7.86. The van der Waals surface area contributed by atoms with Gasteiger partial charge >= 0.3 is 0 Å². The predicted octanol–water partition coefficient (Wildman–Crippen LogP) is 2.91. The summed E-state index contributed by atoms with van der Waals surface area (Å²) >= 11 is 1.33. The van der Waals surface area contributed by atoms with Gasteiger partial charge in [0.25, 0.3) is 10.0 Å². The number of hydrogen-bond donors (Lipinski definition) is 1. The van der Waals surface area contributed by atoms with Gasteiger partial charge in [-0.1, -0.05) is 18.3 Å². The van der Waals surface area contributed by atoms with Crippen molar-refractivity contribution in [2.45, 2.75) is 32.2 Å². The van der Waals surface area contributed by atoms with E-state index in [-0.39, 0.29) is 10.8 Å². The summed E-state index contributed by atoms with van der Waals surface area (Å²) in [5, 5.41) is 4.97. The minimum atomic E-state index is -3.88. The first kappa shape index (κ1) is 15.9. The minimum absolute atomic E-state index is 0.0290. The molecule has 122 valence electrons. The highest BCUT2D eigenvalue weighted by molar-refractivity contribution is 7.92. The number of imidazole rings is 1. The molecule has 6 nitrogen and oxygen atoms in total. The molecule has 3 aromatic rings. The van der Waals surface area contributed by atoms with Gasteiger partial charge in [0.2, 0.25) is 9.99 Å². The Labute approximate surface area is 137 Å². The predicted molar refractivity (Wildman–Crippen MR) is 86.9 cm³/mol. The lowest BCUT2D eigenvalue weighted by Crippen LogP contribution is -2.17. The van der Waals surface area contributed by atoms with Crippen LogP contribution < -0.4 is 4.72 Å². The largest absolute Gasteiger partial charge is 0.281 e. The Kier molecular flexibility index (Phi) is 3.85. The quantitative estimate of drug-likeness (QED) is 0.781. The molecule has 0 aliphatic rings. The second kappa shape index (κ2) is 5.57. The molecule has 0 fully saturated rings. The van der Waals surface area contributed by atoms with Crippen LogP contribution in [0.2, 0.25) is 0 Å². The monoisotopic (exact) mass is 354 g/mol. The standard InChI is InChI=1S/C14H15FN4O2S2/c1-4-12-13(19-14(16-12)22-9(3)17-19)23(20,21)18-10-5-6-11(15)8(2)7-10/h5-7,18H,4H2,1-3H3. The smallest absolute Gasteiger partial charge is 0.278 e. The van der Waals surface area contributed by atoms with Gasteiger partial charge in [0, 0.05) is 5.69 Å². The van der Waals surface area contributed by atoms with Crippen LogP contribution in [0.3, 0.4) is 0 Å². The normalized spacial score (nSPS) is 12.0. The number of hydrogen-bond acceptors (Lipinski definition) is 5. The van der Waals surface area contributed by atoms with E-state index < -0.39 is 10.0 Å². The molecule has 2 heterocycles. The van der Waals surface area contributed by atoms with Gasteiger partial charge in [-0.05, 0) is 44.0 Å². The summed E-state index contributed by atoms with van der Waals surface area (Å²) in [6, 6.07) is 4.06. The molecule has 0 radical (unpaired) electrons. The number of anilines is 1. The number of fused-ring (bicyclic) bond motifs is 1. The summed E-state index contributed by atoms with van der Waals surface area (Å²) in [4.78, 5) is 4.87. The zero-order valence-electron chi connectivity index (χ0n) is 12.8. The lowest BCUT2D eigenvalue weighted by molar-refractivity contribution is 0.591. The number of nitrogens with one attached hydrogen (secondary N) is 1. The molecule has 0 unspecified atom stereocenters. The van der Waals surface area contributed by atoms with Crippen LogP contribution in [0.25, 0.3) is 4.96 Å². The molecule has 0 saturated carbocycles. The third kappa shape index (κ3) is 2.81. The van der Waals surface area contributed by atoms with Crippen molar-refractivity contribution in [1.82, 2.24) is 14.6 Å². The fraction of sp³-hybridized carbons (Fsp3) is 0.286. The fourth-order valence-electron chi connectivity index (χ4n) is 2.28. The van der Waals surface area contributed by atoms with Crippen LogP contribution in [-0.2, 0) is 16.4 Å². The summed E-state index contributed by atoms with van der Waals surface area (Å²) in [5.74, 6) is -0.385. The average molecular weight is 354 g/mol. The van der Waals surface area contributed by atoms with Crippen LogP contribution in [0.15, 0.2) is 23.2 Å². The van der Waals surface area contributed by atoms with E-state index in [0.717, 1.165) is 5.01 Å². The van der Waals surface area contributed by atoms with E-state index in [1.54, 1.807) is 13.8 Å². The molecule has 23 heavy (non-hydrogen) atoms. The summed E-state index contributed by atoms with van der Waals surface area (Å²) in [6.45, 7) is 5.20. The third-order valence-electron chi connectivity index (χ3n) is 3.33. The van der Waals surface area contributed by atoms with Crippen LogP contribution in [0.4, 0.5) is 10.1 Å². The van der Waals surface area contributed by atoms with E-state index in [2.05, 4.69) is 14.8 Å². The number of halogens is 1. The molecule has 1 aromatic carbocycles. The van der Waals surface area contributed by atoms with Gasteiger partial charge < -0.3 is 0 Å². The molecule has 0 amide bonds. The van der Waals surface area contributed by atoms with E-state index in [1.165, 1.54) is 34.1 Å². The molecule has 2 aromatic heterocycles. The maximum atomic E-state index is 13.3. The van der Waals surface area contributed by atoms with Crippen molar-refractivity contribution in [1.29, 1.82) is 0 Å². The number of rotatable bonds is 4. The van der Waals surface area contributed by atoms with Crippen molar-refractivity contribution < 1.29 is 12.8 Å². The first-order valence-corrected chi connectivity index (χ1v) is 9.26. The second-order valence-electron chi connectivity index (χ2n) is 5.10. The number of sulfonamides is 1. The van der Waals surface area contributed by atoms with Crippen molar-refractivity contribution >= 4 is 32.0 Å². The Hall–Kier alpha value is -2.00. The van der Waals surface area contributed by atoms with Crippen LogP contribution in [0, 0.1) is 19.7 Å². The molecule has 0 atom stereocenters. The molecule has 0 aliphatic heterocycles. The van der Waals surface area contributed by atoms with Gasteiger partial charge in [-0.15, -0.1) is 0 Å². The van der Waals surface area contributed by atoms with Gasteiger partial charge in [-0.25, -0.2) is 9.37 Å². The fourth-order valence-corrected chi connectivity index (χ4v) is 4.49. The summed E-state index contributed by atoms with van der Waals surface area (Å²) in [7, 11) is -3.88. The molecule has 3 rings (SSSR count). The topological polar surface area (TPSA) is 76.4 Å². The Bertz CT molecular complexity index is 992. The Balaban J connectivity index is 2.10. The molecular formula is C14H15FN4O2S2. The molecule has 9 heteroatoms. The number of benzene rings is 1. The highest BCUT2D eigenvalue weighted by Gasteiger charge is 2.26. The summed E-state index contributed by atoms with van der Waals surface area (Å²) < 4.78 is 42.7. The Morgan fingerprint density at radius 2 is 2.09 bits per heavy atom. The maximum absolute atomic E-state index is 13.3. The zero-order valence-corrected chi connectivity index (χ0v) is 14.4. The van der Waals surface area contributed by atoms with Crippen molar-refractivity contribution in [3.8, 4) is 0 Å². The van der Waals surface area contributed by atoms with E-state index in [1.807, 2.05) is 6.92 Å². The summed E-state index contributed by atoms with van der Waals surface area (Å²) in [6.07, 6.45) is 0.466. The number of aromatic nitrogens is 3. The number of aryl methyl sites for hydroxylation is 3. The molecule has 0 bridgehead atoms. The van der Waals surface area contributed by atoms with E-state index >= 15 is 0 Å². The molecular weight excluding hydrogens is 339 g/mol. The van der Waals surface area contributed by atoms with Gasteiger partial charge in [0.05, 0.1) is 5.69 Å². The number of nitrogens with zero attached hydrogens (tertiary/aromatic N) is 3. The maximum Gasteiger partial charge on any atom is 0.281 e. The van der Waals surface area contributed by atoms with Crippen LogP contribution >= 0.6 is 11.3 Å². The first-order chi connectivity index (χ1) is 10.8. The van der Waals surface area contributed by atoms with Gasteiger partial charge in [0.15, 0.2) is 0 Å². The van der Waals surface area contributed by atoms with E-state index in [9.17, 15) is 12.8 Å². The van der Waals surface area contributed by atoms with Crippen molar-refractivity contribution in [3.05, 3.63) is 40.3 Å². The SMILES string of the molecule is CCc1nc2sc(C)nn2c1S(=O)(=O)Nc1ccc(F)c(C)c1. The average Bonchev–Trinajstić information content (AvgIpc) is 2.97. The Morgan fingerprint density at radius 1 is 1.35 bits per heavy atom.